The Kier molecular flexibility index (Phi) is 10.5. The van der Waals surface area contributed by atoms with E-state index in [1.54, 1.807) is 0 Å². The van der Waals surface area contributed by atoms with Crippen LogP contribution in [0.4, 0.5) is 0 Å². The molecule has 0 aromatic carbocycles. The van der Waals surface area contributed by atoms with Gasteiger partial charge in [-0.3, -0.25) is 0 Å². The first-order chi connectivity index (χ1) is 12.3. The van der Waals surface area contributed by atoms with Crippen LogP contribution in [-0.2, 0) is 14.2 Å². The van der Waals surface area contributed by atoms with E-state index in [9.17, 15) is 0 Å². The number of allylic oxidation sites excluding steroid dienone is 3. The SMILES string of the molecule is CCOC(CC(C=CC1C(C)=CCCC1(C)C)(OCC)SCC)OCC. The molecule has 0 saturated heterocycles. The number of hydrogen-bond acceptors (Lipinski definition) is 4. The van der Waals surface area contributed by atoms with Gasteiger partial charge in [0.05, 0.1) is 0 Å². The minimum atomic E-state index is -0.410. The molecule has 1 aliphatic rings. The maximum Gasteiger partial charge on any atom is 0.161 e. The molecule has 0 amide bonds. The summed E-state index contributed by atoms with van der Waals surface area (Å²) in [5, 5.41) is 0. The summed E-state index contributed by atoms with van der Waals surface area (Å²) in [6.45, 7) is 17.2. The Morgan fingerprint density at radius 1 is 1.19 bits per heavy atom. The van der Waals surface area contributed by atoms with Gasteiger partial charge in [-0.15, -0.1) is 11.8 Å². The minimum absolute atomic E-state index is 0.240. The molecule has 1 rings (SSSR count). The van der Waals surface area contributed by atoms with Crippen LogP contribution in [0.3, 0.4) is 0 Å². The van der Waals surface area contributed by atoms with Crippen molar-refractivity contribution in [2.45, 2.75) is 79.0 Å². The lowest BCUT2D eigenvalue weighted by Gasteiger charge is -2.38. The van der Waals surface area contributed by atoms with Crippen molar-refractivity contribution < 1.29 is 14.2 Å². The normalized spacial score (nSPS) is 22.6. The van der Waals surface area contributed by atoms with Gasteiger partial charge in [0.1, 0.15) is 4.93 Å². The second-order valence-corrected chi connectivity index (χ2v) is 9.09. The van der Waals surface area contributed by atoms with E-state index in [0.29, 0.717) is 32.2 Å². The highest BCUT2D eigenvalue weighted by Gasteiger charge is 2.35. The second kappa shape index (κ2) is 11.5. The molecular formula is C22H40O3S. The summed E-state index contributed by atoms with van der Waals surface area (Å²) in [6.07, 6.45) is 9.91. The Balaban J connectivity index is 3.10. The zero-order valence-electron chi connectivity index (χ0n) is 18.0. The van der Waals surface area contributed by atoms with E-state index in [0.717, 1.165) is 5.75 Å². The largest absolute Gasteiger partial charge is 0.361 e. The van der Waals surface area contributed by atoms with Gasteiger partial charge in [-0.2, -0.15) is 0 Å². The Morgan fingerprint density at radius 2 is 1.85 bits per heavy atom. The van der Waals surface area contributed by atoms with Crippen molar-refractivity contribution >= 4 is 11.8 Å². The number of rotatable bonds is 12. The Morgan fingerprint density at radius 3 is 2.35 bits per heavy atom. The summed E-state index contributed by atoms with van der Waals surface area (Å²) in [6, 6.07) is 0. The Labute approximate surface area is 165 Å². The predicted molar refractivity (Wildman–Crippen MR) is 114 cm³/mol. The lowest BCUT2D eigenvalue weighted by molar-refractivity contribution is -0.156. The maximum absolute atomic E-state index is 6.28. The third-order valence-corrected chi connectivity index (χ3v) is 6.26. The molecule has 0 saturated carbocycles. The monoisotopic (exact) mass is 384 g/mol. The van der Waals surface area contributed by atoms with Crippen LogP contribution in [0.15, 0.2) is 23.8 Å². The molecule has 0 aromatic heterocycles. The summed E-state index contributed by atoms with van der Waals surface area (Å²) in [4.78, 5) is -0.410. The van der Waals surface area contributed by atoms with Crippen LogP contribution >= 0.6 is 11.8 Å². The van der Waals surface area contributed by atoms with Gasteiger partial charge >= 0.3 is 0 Å². The van der Waals surface area contributed by atoms with E-state index >= 15 is 0 Å². The van der Waals surface area contributed by atoms with Gasteiger partial charge in [-0.1, -0.05) is 38.5 Å². The van der Waals surface area contributed by atoms with E-state index in [4.69, 9.17) is 14.2 Å². The molecule has 1 aliphatic carbocycles. The molecule has 0 N–H and O–H groups in total. The summed E-state index contributed by atoms with van der Waals surface area (Å²) in [5.41, 5.74) is 1.75. The maximum atomic E-state index is 6.28. The van der Waals surface area contributed by atoms with Gasteiger partial charge in [0.15, 0.2) is 6.29 Å². The fourth-order valence-electron chi connectivity index (χ4n) is 3.81. The molecule has 0 fully saturated rings. The van der Waals surface area contributed by atoms with Crippen molar-refractivity contribution in [2.75, 3.05) is 25.6 Å². The first kappa shape index (κ1) is 23.7. The molecule has 0 heterocycles. The first-order valence-electron chi connectivity index (χ1n) is 10.2. The fraction of sp³-hybridized carbons (Fsp3) is 0.818. The smallest absolute Gasteiger partial charge is 0.161 e. The second-order valence-electron chi connectivity index (χ2n) is 7.53. The third-order valence-electron chi connectivity index (χ3n) is 5.06. The molecule has 0 spiro atoms. The van der Waals surface area contributed by atoms with Crippen LogP contribution in [0.25, 0.3) is 0 Å². The lowest BCUT2D eigenvalue weighted by Crippen LogP contribution is -2.35. The van der Waals surface area contributed by atoms with Crippen molar-refractivity contribution in [3.05, 3.63) is 23.8 Å². The number of ether oxygens (including phenoxy) is 3. The molecule has 0 aliphatic heterocycles. The standard InChI is InChI=1S/C22H40O3S/c1-8-23-20(24-9-2)17-22(25-10-3,26-11-4)16-14-19-18(5)13-12-15-21(19,6)7/h13-14,16,19-20H,8-12,15,17H2,1-7H3. The van der Waals surface area contributed by atoms with Gasteiger partial charge in [0, 0.05) is 32.2 Å². The predicted octanol–water partition coefficient (Wildman–Crippen LogP) is 6.20. The van der Waals surface area contributed by atoms with Crippen LogP contribution < -0.4 is 0 Å². The van der Waals surface area contributed by atoms with Gasteiger partial charge < -0.3 is 14.2 Å². The molecule has 152 valence electrons. The van der Waals surface area contributed by atoms with Crippen molar-refractivity contribution in [1.29, 1.82) is 0 Å². The summed E-state index contributed by atoms with van der Waals surface area (Å²) < 4.78 is 17.9. The highest BCUT2D eigenvalue weighted by molar-refractivity contribution is 8.00. The highest BCUT2D eigenvalue weighted by Crippen LogP contribution is 2.43. The average Bonchev–Trinajstić information content (AvgIpc) is 2.54. The molecule has 0 radical (unpaired) electrons. The fourth-order valence-corrected chi connectivity index (χ4v) is 4.93. The molecule has 2 atom stereocenters. The van der Waals surface area contributed by atoms with E-state index < -0.39 is 4.93 Å². The van der Waals surface area contributed by atoms with Crippen LogP contribution in [0.5, 0.6) is 0 Å². The Hall–Kier alpha value is -0.290. The van der Waals surface area contributed by atoms with Crippen LogP contribution in [-0.4, -0.2) is 36.8 Å². The highest BCUT2D eigenvalue weighted by atomic mass is 32.2. The number of hydrogen-bond donors (Lipinski definition) is 0. The zero-order valence-corrected chi connectivity index (χ0v) is 18.8. The summed E-state index contributed by atoms with van der Waals surface area (Å²) >= 11 is 1.83. The molecule has 4 heteroatoms. The van der Waals surface area contributed by atoms with Gasteiger partial charge in [0.2, 0.25) is 0 Å². The average molecular weight is 385 g/mol. The van der Waals surface area contributed by atoms with E-state index in [1.165, 1.54) is 18.4 Å². The molecule has 3 nitrogen and oxygen atoms in total. The number of thioether (sulfide) groups is 1. The van der Waals surface area contributed by atoms with Crippen LogP contribution in [0.1, 0.15) is 67.7 Å². The van der Waals surface area contributed by atoms with Crippen LogP contribution in [0.2, 0.25) is 0 Å². The van der Waals surface area contributed by atoms with Crippen molar-refractivity contribution in [3.63, 3.8) is 0 Å². The lowest BCUT2D eigenvalue weighted by atomic mass is 9.68. The molecule has 0 bridgehead atoms. The van der Waals surface area contributed by atoms with E-state index in [2.05, 4.69) is 52.8 Å². The molecule has 0 aromatic rings. The third kappa shape index (κ3) is 7.03. The molecule has 2 unspecified atom stereocenters. The van der Waals surface area contributed by atoms with E-state index in [1.807, 2.05) is 25.6 Å². The van der Waals surface area contributed by atoms with Gasteiger partial charge in [-0.25, -0.2) is 0 Å². The summed E-state index contributed by atoms with van der Waals surface area (Å²) in [5.74, 6) is 1.43. The molecular weight excluding hydrogens is 344 g/mol. The van der Waals surface area contributed by atoms with Crippen molar-refractivity contribution in [3.8, 4) is 0 Å². The quantitative estimate of drug-likeness (QED) is 0.296. The topological polar surface area (TPSA) is 27.7 Å². The summed E-state index contributed by atoms with van der Waals surface area (Å²) in [7, 11) is 0. The molecule has 26 heavy (non-hydrogen) atoms. The zero-order chi connectivity index (χ0) is 19.6. The van der Waals surface area contributed by atoms with Gasteiger partial charge in [-0.05, 0) is 57.8 Å². The minimum Gasteiger partial charge on any atom is -0.361 e. The van der Waals surface area contributed by atoms with Crippen LogP contribution in [0, 0.1) is 11.3 Å². The van der Waals surface area contributed by atoms with Crippen molar-refractivity contribution in [1.82, 2.24) is 0 Å². The first-order valence-corrected chi connectivity index (χ1v) is 11.2. The van der Waals surface area contributed by atoms with Crippen molar-refractivity contribution in [2.24, 2.45) is 11.3 Å². The van der Waals surface area contributed by atoms with E-state index in [-0.39, 0.29) is 11.7 Å². The Bertz CT molecular complexity index is 444. The van der Waals surface area contributed by atoms with Gasteiger partial charge in [0.25, 0.3) is 0 Å².